The van der Waals surface area contributed by atoms with Crippen LogP contribution in [0.4, 0.5) is 14.5 Å². The summed E-state index contributed by atoms with van der Waals surface area (Å²) in [5.74, 6) is 1.21. The maximum atomic E-state index is 13.5. The maximum absolute atomic E-state index is 13.5. The number of thioether (sulfide) groups is 1. The summed E-state index contributed by atoms with van der Waals surface area (Å²) >= 11 is 1.86. The number of nitrogens with zero attached hydrogens (tertiary/aromatic N) is 1. The molecule has 1 aromatic rings. The van der Waals surface area contributed by atoms with E-state index in [1.165, 1.54) is 0 Å². The molecule has 0 aliphatic carbocycles. The topological polar surface area (TPSA) is 35.8 Å². The summed E-state index contributed by atoms with van der Waals surface area (Å²) in [6.45, 7) is 0.576. The highest BCUT2D eigenvalue weighted by molar-refractivity contribution is 7.99. The average Bonchev–Trinajstić information content (AvgIpc) is 2.80. The van der Waals surface area contributed by atoms with Crippen molar-refractivity contribution >= 4 is 17.4 Å². The number of nitrogens with one attached hydrogen (secondary N) is 1. The van der Waals surface area contributed by atoms with Crippen molar-refractivity contribution in [3.63, 3.8) is 0 Å². The molecule has 0 spiro atoms. The molecule has 0 radical (unpaired) electrons. The maximum Gasteiger partial charge on any atom is 0.150 e. The van der Waals surface area contributed by atoms with Crippen LogP contribution < -0.4 is 5.32 Å². The number of hydrogen-bond donors (Lipinski definition) is 1. The van der Waals surface area contributed by atoms with Gasteiger partial charge in [0.25, 0.3) is 0 Å². The Kier molecular flexibility index (Phi) is 3.85. The third-order valence-corrected chi connectivity index (χ3v) is 3.99. The third kappa shape index (κ3) is 2.89. The zero-order valence-electron chi connectivity index (χ0n) is 9.17. The molecule has 0 amide bonds. The SMILES string of the molecule is N#Cc1cc(F)c(NCC2CCSC2)c(F)c1. The molecule has 1 fully saturated rings. The van der Waals surface area contributed by atoms with Gasteiger partial charge in [-0.1, -0.05) is 0 Å². The Balaban J connectivity index is 2.07. The lowest BCUT2D eigenvalue weighted by atomic mass is 10.1. The highest BCUT2D eigenvalue weighted by atomic mass is 32.2. The third-order valence-electron chi connectivity index (χ3n) is 2.76. The van der Waals surface area contributed by atoms with Gasteiger partial charge in [0, 0.05) is 6.54 Å². The molecule has 2 rings (SSSR count). The lowest BCUT2D eigenvalue weighted by Gasteiger charge is -2.12. The van der Waals surface area contributed by atoms with E-state index in [0.717, 1.165) is 30.1 Å². The van der Waals surface area contributed by atoms with Crippen LogP contribution in [0, 0.1) is 28.9 Å². The summed E-state index contributed by atoms with van der Waals surface area (Å²) in [5, 5.41) is 11.4. The van der Waals surface area contributed by atoms with Gasteiger partial charge in [-0.25, -0.2) is 8.78 Å². The Morgan fingerprint density at radius 3 is 2.65 bits per heavy atom. The molecule has 1 aromatic carbocycles. The number of anilines is 1. The zero-order valence-corrected chi connectivity index (χ0v) is 9.99. The lowest BCUT2D eigenvalue weighted by molar-refractivity contribution is 0.576. The van der Waals surface area contributed by atoms with Crippen molar-refractivity contribution in [1.82, 2.24) is 0 Å². The van der Waals surface area contributed by atoms with Gasteiger partial charge in [-0.05, 0) is 36.0 Å². The summed E-state index contributed by atoms with van der Waals surface area (Å²) in [6, 6.07) is 3.82. The fraction of sp³-hybridized carbons (Fsp3) is 0.417. The van der Waals surface area contributed by atoms with Crippen LogP contribution >= 0.6 is 11.8 Å². The minimum Gasteiger partial charge on any atom is -0.380 e. The van der Waals surface area contributed by atoms with E-state index in [4.69, 9.17) is 5.26 Å². The smallest absolute Gasteiger partial charge is 0.150 e. The van der Waals surface area contributed by atoms with Crippen molar-refractivity contribution in [2.75, 3.05) is 23.4 Å². The van der Waals surface area contributed by atoms with Gasteiger partial charge >= 0.3 is 0 Å². The Morgan fingerprint density at radius 1 is 1.41 bits per heavy atom. The molecular weight excluding hydrogens is 242 g/mol. The predicted molar refractivity (Wildman–Crippen MR) is 65.0 cm³/mol. The van der Waals surface area contributed by atoms with Crippen LogP contribution in [0.3, 0.4) is 0 Å². The van der Waals surface area contributed by atoms with E-state index in [0.29, 0.717) is 12.5 Å². The molecular formula is C12H12F2N2S. The average molecular weight is 254 g/mol. The number of rotatable bonds is 3. The number of halogens is 2. The van der Waals surface area contributed by atoms with Gasteiger partial charge in [-0.3, -0.25) is 0 Å². The van der Waals surface area contributed by atoms with E-state index < -0.39 is 11.6 Å². The van der Waals surface area contributed by atoms with E-state index in [1.807, 2.05) is 11.8 Å². The van der Waals surface area contributed by atoms with Gasteiger partial charge in [-0.2, -0.15) is 17.0 Å². The molecule has 1 atom stereocenters. The summed E-state index contributed by atoms with van der Waals surface area (Å²) in [4.78, 5) is 0. The molecule has 0 aromatic heterocycles. The molecule has 1 aliphatic heterocycles. The summed E-state index contributed by atoms with van der Waals surface area (Å²) in [6.07, 6.45) is 1.08. The fourth-order valence-corrected chi connectivity index (χ4v) is 3.08. The lowest BCUT2D eigenvalue weighted by Crippen LogP contribution is -2.15. The van der Waals surface area contributed by atoms with Crippen molar-refractivity contribution in [2.45, 2.75) is 6.42 Å². The number of nitriles is 1. The first-order valence-electron chi connectivity index (χ1n) is 5.41. The van der Waals surface area contributed by atoms with Crippen LogP contribution in [0.1, 0.15) is 12.0 Å². The normalized spacial score (nSPS) is 19.0. The second kappa shape index (κ2) is 5.37. The highest BCUT2D eigenvalue weighted by Gasteiger charge is 2.17. The highest BCUT2D eigenvalue weighted by Crippen LogP contribution is 2.25. The Bertz CT molecular complexity index is 427. The van der Waals surface area contributed by atoms with E-state index in [-0.39, 0.29) is 11.3 Å². The molecule has 0 saturated carbocycles. The molecule has 1 saturated heterocycles. The molecule has 1 aliphatic rings. The molecule has 0 bridgehead atoms. The van der Waals surface area contributed by atoms with Gasteiger partial charge in [0.1, 0.15) is 5.69 Å². The number of benzene rings is 1. The summed E-state index contributed by atoms with van der Waals surface area (Å²) in [5.41, 5.74) is -0.122. The molecule has 1 N–H and O–H groups in total. The molecule has 2 nitrogen and oxygen atoms in total. The van der Waals surface area contributed by atoms with E-state index >= 15 is 0 Å². The minimum atomic E-state index is -0.702. The predicted octanol–water partition coefficient (Wildman–Crippen LogP) is 3.00. The quantitative estimate of drug-likeness (QED) is 0.900. The Hall–Kier alpha value is -1.28. The van der Waals surface area contributed by atoms with Crippen LogP contribution in [0.25, 0.3) is 0 Å². The fourth-order valence-electron chi connectivity index (χ4n) is 1.80. The van der Waals surface area contributed by atoms with Crippen molar-refractivity contribution in [3.05, 3.63) is 29.3 Å². The van der Waals surface area contributed by atoms with Gasteiger partial charge in [0.2, 0.25) is 0 Å². The van der Waals surface area contributed by atoms with Crippen molar-refractivity contribution < 1.29 is 8.78 Å². The van der Waals surface area contributed by atoms with Crippen LogP contribution in [0.2, 0.25) is 0 Å². The van der Waals surface area contributed by atoms with Crippen LogP contribution in [0.15, 0.2) is 12.1 Å². The minimum absolute atomic E-state index is 0.00183. The van der Waals surface area contributed by atoms with Crippen molar-refractivity contribution in [1.29, 1.82) is 5.26 Å². The van der Waals surface area contributed by atoms with Crippen molar-refractivity contribution in [3.8, 4) is 6.07 Å². The Morgan fingerprint density at radius 2 is 2.12 bits per heavy atom. The van der Waals surface area contributed by atoms with Crippen molar-refractivity contribution in [2.24, 2.45) is 5.92 Å². The molecule has 90 valence electrons. The first kappa shape index (κ1) is 12.2. The number of hydrogen-bond acceptors (Lipinski definition) is 3. The second-order valence-corrected chi connectivity index (χ2v) is 5.19. The van der Waals surface area contributed by atoms with Gasteiger partial charge in [0.15, 0.2) is 11.6 Å². The van der Waals surface area contributed by atoms with E-state index in [1.54, 1.807) is 6.07 Å². The van der Waals surface area contributed by atoms with Crippen LogP contribution in [-0.2, 0) is 0 Å². The van der Waals surface area contributed by atoms with E-state index in [2.05, 4.69) is 5.32 Å². The Labute approximate surface area is 103 Å². The standard InChI is InChI=1S/C12H12F2N2S/c13-10-3-9(5-15)4-11(14)12(10)16-6-8-1-2-17-7-8/h3-4,8,16H,1-2,6-7H2. The monoisotopic (exact) mass is 254 g/mol. The first-order valence-corrected chi connectivity index (χ1v) is 6.57. The van der Waals surface area contributed by atoms with Gasteiger partial charge in [-0.15, -0.1) is 0 Å². The van der Waals surface area contributed by atoms with Crippen LogP contribution in [0.5, 0.6) is 0 Å². The van der Waals surface area contributed by atoms with Gasteiger partial charge in [0.05, 0.1) is 11.6 Å². The molecule has 5 heteroatoms. The first-order chi connectivity index (χ1) is 8.20. The second-order valence-electron chi connectivity index (χ2n) is 4.04. The molecule has 1 unspecified atom stereocenters. The van der Waals surface area contributed by atoms with Crippen LogP contribution in [-0.4, -0.2) is 18.1 Å². The zero-order chi connectivity index (χ0) is 12.3. The molecule has 1 heterocycles. The largest absolute Gasteiger partial charge is 0.380 e. The van der Waals surface area contributed by atoms with Gasteiger partial charge < -0.3 is 5.32 Å². The molecule has 17 heavy (non-hydrogen) atoms. The summed E-state index contributed by atoms with van der Waals surface area (Å²) in [7, 11) is 0. The van der Waals surface area contributed by atoms with E-state index in [9.17, 15) is 8.78 Å². The summed E-state index contributed by atoms with van der Waals surface area (Å²) < 4.78 is 27.0.